The highest BCUT2D eigenvalue weighted by atomic mass is 19.1. The van der Waals surface area contributed by atoms with Crippen LogP contribution in [-0.2, 0) is 0 Å². The number of nitrogens with one attached hydrogen (secondary N) is 1. The van der Waals surface area contributed by atoms with Crippen molar-refractivity contribution in [3.63, 3.8) is 0 Å². The fraction of sp³-hybridized carbons (Fsp3) is 0.214. The number of hydrogen-bond acceptors (Lipinski definition) is 3. The summed E-state index contributed by atoms with van der Waals surface area (Å²) in [5, 5.41) is 11.6. The predicted molar refractivity (Wildman–Crippen MR) is 68.1 cm³/mol. The maximum atomic E-state index is 13.5. The third-order valence-electron chi connectivity index (χ3n) is 2.53. The van der Waals surface area contributed by atoms with Gasteiger partial charge in [-0.2, -0.15) is 0 Å². The first kappa shape index (κ1) is 13.3. The lowest BCUT2D eigenvalue weighted by atomic mass is 10.1. The molecule has 2 rings (SSSR count). The summed E-state index contributed by atoms with van der Waals surface area (Å²) in [6.45, 7) is 1.70. The highest BCUT2D eigenvalue weighted by molar-refractivity contribution is 5.92. The molecule has 5 heteroatoms. The molecule has 0 fully saturated rings. The second-order valence-corrected chi connectivity index (χ2v) is 4.20. The van der Waals surface area contributed by atoms with Crippen molar-refractivity contribution in [2.45, 2.75) is 13.0 Å². The van der Waals surface area contributed by atoms with Crippen molar-refractivity contribution in [2.75, 3.05) is 6.54 Å². The lowest BCUT2D eigenvalue weighted by Crippen LogP contribution is -2.30. The van der Waals surface area contributed by atoms with E-state index in [9.17, 15) is 9.18 Å². The molecule has 1 amide bonds. The van der Waals surface area contributed by atoms with Crippen molar-refractivity contribution < 1.29 is 18.7 Å². The molecular weight excluding hydrogens is 249 g/mol. The van der Waals surface area contributed by atoms with E-state index in [0.29, 0.717) is 11.3 Å². The van der Waals surface area contributed by atoms with Crippen LogP contribution in [0.25, 0.3) is 11.3 Å². The second-order valence-electron chi connectivity index (χ2n) is 4.20. The van der Waals surface area contributed by atoms with Crippen LogP contribution in [0.2, 0.25) is 0 Å². The Kier molecular flexibility index (Phi) is 3.97. The Balaban J connectivity index is 2.15. The number of aliphatic hydroxyl groups excluding tert-OH is 1. The van der Waals surface area contributed by atoms with Crippen molar-refractivity contribution in [2.24, 2.45) is 0 Å². The number of hydrogen-bond donors (Lipinski definition) is 2. The third-order valence-corrected chi connectivity index (χ3v) is 2.53. The van der Waals surface area contributed by atoms with Gasteiger partial charge in [0, 0.05) is 6.54 Å². The second kappa shape index (κ2) is 5.67. The summed E-state index contributed by atoms with van der Waals surface area (Å²) in [7, 11) is 0. The van der Waals surface area contributed by atoms with Gasteiger partial charge in [-0.05, 0) is 31.2 Å². The molecule has 2 aromatic rings. The molecule has 0 aliphatic heterocycles. The average molecular weight is 263 g/mol. The fourth-order valence-electron chi connectivity index (χ4n) is 1.59. The first-order valence-electron chi connectivity index (χ1n) is 5.89. The van der Waals surface area contributed by atoms with Gasteiger partial charge in [-0.25, -0.2) is 4.39 Å². The van der Waals surface area contributed by atoms with E-state index in [2.05, 4.69) is 5.32 Å². The molecular formula is C14H14FNO3. The molecule has 0 aliphatic rings. The van der Waals surface area contributed by atoms with Gasteiger partial charge in [-0.15, -0.1) is 0 Å². The number of aliphatic hydroxyl groups is 1. The monoisotopic (exact) mass is 263 g/mol. The largest absolute Gasteiger partial charge is 0.451 e. The van der Waals surface area contributed by atoms with Crippen LogP contribution < -0.4 is 5.32 Å². The van der Waals surface area contributed by atoms with E-state index in [-0.39, 0.29) is 12.3 Å². The van der Waals surface area contributed by atoms with Crippen LogP contribution in [0.15, 0.2) is 40.8 Å². The standard InChI is InChI=1S/C14H14FNO3/c1-9(17)8-16-14(18)13-7-6-12(19-13)10-4-2-3-5-11(10)15/h2-7,9,17H,8H2,1H3,(H,16,18)/t9-/m0/s1. The van der Waals surface area contributed by atoms with E-state index in [1.54, 1.807) is 25.1 Å². The lowest BCUT2D eigenvalue weighted by molar-refractivity contribution is 0.0897. The van der Waals surface area contributed by atoms with E-state index < -0.39 is 17.8 Å². The third kappa shape index (κ3) is 3.20. The molecule has 0 unspecified atom stereocenters. The topological polar surface area (TPSA) is 62.5 Å². The van der Waals surface area contributed by atoms with Crippen molar-refractivity contribution in [3.05, 3.63) is 48.0 Å². The number of carbonyl (C=O) groups excluding carboxylic acids is 1. The van der Waals surface area contributed by atoms with Crippen LogP contribution in [0.3, 0.4) is 0 Å². The molecule has 0 aliphatic carbocycles. The molecule has 1 aromatic heterocycles. The number of furan rings is 1. The average Bonchev–Trinajstić information content (AvgIpc) is 2.86. The minimum atomic E-state index is -0.634. The van der Waals surface area contributed by atoms with Gasteiger partial charge >= 0.3 is 0 Å². The smallest absolute Gasteiger partial charge is 0.287 e. The number of rotatable bonds is 4. The molecule has 2 N–H and O–H groups in total. The van der Waals surface area contributed by atoms with E-state index >= 15 is 0 Å². The summed E-state index contributed by atoms with van der Waals surface area (Å²) in [5.74, 6) is -0.476. The Morgan fingerprint density at radius 1 is 1.37 bits per heavy atom. The van der Waals surface area contributed by atoms with Crippen LogP contribution in [0, 0.1) is 5.82 Å². The summed E-state index contributed by atoms with van der Waals surface area (Å²) >= 11 is 0. The van der Waals surface area contributed by atoms with Crippen LogP contribution in [0.5, 0.6) is 0 Å². The van der Waals surface area contributed by atoms with Gasteiger partial charge in [-0.1, -0.05) is 12.1 Å². The van der Waals surface area contributed by atoms with Crippen LogP contribution in [0.4, 0.5) is 4.39 Å². The SMILES string of the molecule is C[C@H](O)CNC(=O)c1ccc(-c2ccccc2F)o1. The molecule has 0 spiro atoms. The number of benzene rings is 1. The zero-order valence-electron chi connectivity index (χ0n) is 10.4. The van der Waals surface area contributed by atoms with Gasteiger partial charge in [0.05, 0.1) is 11.7 Å². The molecule has 100 valence electrons. The van der Waals surface area contributed by atoms with Gasteiger partial charge in [0.25, 0.3) is 5.91 Å². The summed E-state index contributed by atoms with van der Waals surface area (Å²) in [6.07, 6.45) is -0.634. The highest BCUT2D eigenvalue weighted by Gasteiger charge is 2.14. The minimum Gasteiger partial charge on any atom is -0.451 e. The molecule has 1 aromatic carbocycles. The molecule has 0 saturated heterocycles. The van der Waals surface area contributed by atoms with Crippen LogP contribution in [-0.4, -0.2) is 23.7 Å². The van der Waals surface area contributed by atoms with E-state index in [1.807, 2.05) is 0 Å². The van der Waals surface area contributed by atoms with Gasteiger partial charge in [0.2, 0.25) is 0 Å². The summed E-state index contributed by atoms with van der Waals surface area (Å²) in [5.41, 5.74) is 0.303. The molecule has 1 heterocycles. The van der Waals surface area contributed by atoms with Crippen LogP contribution >= 0.6 is 0 Å². The number of carbonyl (C=O) groups is 1. The van der Waals surface area contributed by atoms with Crippen molar-refractivity contribution in [3.8, 4) is 11.3 Å². The predicted octanol–water partition coefficient (Wildman–Crippen LogP) is 2.20. The Morgan fingerprint density at radius 2 is 2.11 bits per heavy atom. The van der Waals surface area contributed by atoms with E-state index in [4.69, 9.17) is 9.52 Å². The van der Waals surface area contributed by atoms with Gasteiger partial charge in [-0.3, -0.25) is 4.79 Å². The highest BCUT2D eigenvalue weighted by Crippen LogP contribution is 2.24. The zero-order valence-corrected chi connectivity index (χ0v) is 10.4. The number of halogens is 1. The van der Waals surface area contributed by atoms with Crippen LogP contribution in [0.1, 0.15) is 17.5 Å². The van der Waals surface area contributed by atoms with Crippen molar-refractivity contribution in [1.82, 2.24) is 5.32 Å². The quantitative estimate of drug-likeness (QED) is 0.888. The molecule has 4 nitrogen and oxygen atoms in total. The maximum absolute atomic E-state index is 13.5. The minimum absolute atomic E-state index is 0.0823. The summed E-state index contributed by atoms with van der Waals surface area (Å²) < 4.78 is 18.9. The summed E-state index contributed by atoms with van der Waals surface area (Å²) in [6, 6.07) is 9.18. The Hall–Kier alpha value is -2.14. The Bertz CT molecular complexity index is 578. The van der Waals surface area contributed by atoms with Gasteiger partial charge in [0.15, 0.2) is 5.76 Å². The fourth-order valence-corrected chi connectivity index (χ4v) is 1.59. The first-order chi connectivity index (χ1) is 9.08. The van der Waals surface area contributed by atoms with Gasteiger partial charge < -0.3 is 14.8 Å². The molecule has 0 radical (unpaired) electrons. The lowest BCUT2D eigenvalue weighted by Gasteiger charge is -2.04. The first-order valence-corrected chi connectivity index (χ1v) is 5.89. The van der Waals surface area contributed by atoms with E-state index in [1.165, 1.54) is 18.2 Å². The molecule has 0 saturated carbocycles. The molecule has 1 atom stereocenters. The maximum Gasteiger partial charge on any atom is 0.287 e. The van der Waals surface area contributed by atoms with Crippen molar-refractivity contribution in [1.29, 1.82) is 0 Å². The number of amides is 1. The Morgan fingerprint density at radius 3 is 2.79 bits per heavy atom. The van der Waals surface area contributed by atoms with E-state index in [0.717, 1.165) is 0 Å². The Labute approximate surface area is 109 Å². The van der Waals surface area contributed by atoms with Crippen molar-refractivity contribution >= 4 is 5.91 Å². The molecule has 19 heavy (non-hydrogen) atoms. The zero-order chi connectivity index (χ0) is 13.8. The molecule has 0 bridgehead atoms. The summed E-state index contributed by atoms with van der Waals surface area (Å²) in [4.78, 5) is 11.7. The van der Waals surface area contributed by atoms with Gasteiger partial charge in [0.1, 0.15) is 11.6 Å². The normalized spacial score (nSPS) is 12.2.